The van der Waals surface area contributed by atoms with Crippen LogP contribution in [0.4, 0.5) is 17.5 Å². The maximum Gasteiger partial charge on any atom is 0.254 e. The Kier molecular flexibility index (Phi) is 4.86. The minimum absolute atomic E-state index is 0.0198. The minimum atomic E-state index is 0.0198. The van der Waals surface area contributed by atoms with Crippen molar-refractivity contribution >= 4 is 23.4 Å². The van der Waals surface area contributed by atoms with Crippen LogP contribution in [0.15, 0.2) is 61.3 Å². The molecule has 1 fully saturated rings. The second-order valence-electron chi connectivity index (χ2n) is 6.12. The van der Waals surface area contributed by atoms with Crippen molar-refractivity contribution in [3.63, 3.8) is 0 Å². The number of carbonyl (C=O) groups excluding carboxylic acids is 1. The normalized spacial score (nSPS) is 14.1. The Hall–Kier alpha value is -3.55. The topological polar surface area (TPSA) is 87.1 Å². The Morgan fingerprint density at radius 3 is 2.48 bits per heavy atom. The van der Waals surface area contributed by atoms with Crippen molar-refractivity contribution in [2.45, 2.75) is 0 Å². The standard InChI is InChI=1S/C19H19N7O/c27-18(26-11-9-25(10-12-26)17-14-20-7-8-21-17)15-3-1-4-16(13-15)24-19-22-5-2-6-23-19/h1-8,13-14H,9-12H2,(H,22,23,24). The first kappa shape index (κ1) is 16.9. The van der Waals surface area contributed by atoms with Gasteiger partial charge in [0.05, 0.1) is 6.20 Å². The molecule has 0 bridgehead atoms. The number of amides is 1. The number of nitrogens with zero attached hydrogens (tertiary/aromatic N) is 6. The lowest BCUT2D eigenvalue weighted by molar-refractivity contribution is 0.0746. The van der Waals surface area contributed by atoms with Crippen molar-refractivity contribution in [1.82, 2.24) is 24.8 Å². The van der Waals surface area contributed by atoms with Crippen LogP contribution in [0.1, 0.15) is 10.4 Å². The van der Waals surface area contributed by atoms with Gasteiger partial charge in [0, 0.05) is 62.2 Å². The second-order valence-corrected chi connectivity index (χ2v) is 6.12. The summed E-state index contributed by atoms with van der Waals surface area (Å²) in [5.41, 5.74) is 1.43. The van der Waals surface area contributed by atoms with Crippen LogP contribution in [0.3, 0.4) is 0 Å². The number of nitrogens with one attached hydrogen (secondary N) is 1. The van der Waals surface area contributed by atoms with Gasteiger partial charge in [0.1, 0.15) is 5.82 Å². The SMILES string of the molecule is O=C(c1cccc(Nc2ncccn2)c1)N1CCN(c2cnccn2)CC1. The highest BCUT2D eigenvalue weighted by atomic mass is 16.2. The van der Waals surface area contributed by atoms with E-state index < -0.39 is 0 Å². The molecule has 1 aromatic carbocycles. The van der Waals surface area contributed by atoms with Crippen molar-refractivity contribution in [3.05, 3.63) is 66.9 Å². The Morgan fingerprint density at radius 2 is 1.74 bits per heavy atom. The fourth-order valence-corrected chi connectivity index (χ4v) is 3.00. The highest BCUT2D eigenvalue weighted by Gasteiger charge is 2.23. The summed E-state index contributed by atoms with van der Waals surface area (Å²) in [7, 11) is 0. The van der Waals surface area contributed by atoms with Crippen molar-refractivity contribution in [2.24, 2.45) is 0 Å². The van der Waals surface area contributed by atoms with Crippen LogP contribution in [0.5, 0.6) is 0 Å². The van der Waals surface area contributed by atoms with Crippen LogP contribution in [0.2, 0.25) is 0 Å². The fraction of sp³-hybridized carbons (Fsp3) is 0.211. The molecule has 1 aliphatic heterocycles. The summed E-state index contributed by atoms with van der Waals surface area (Å²) in [6, 6.07) is 9.15. The van der Waals surface area contributed by atoms with Gasteiger partial charge in [-0.3, -0.25) is 9.78 Å². The van der Waals surface area contributed by atoms with Crippen LogP contribution in [0, 0.1) is 0 Å². The quantitative estimate of drug-likeness (QED) is 0.760. The number of benzene rings is 1. The largest absolute Gasteiger partial charge is 0.352 e. The number of hydrogen-bond acceptors (Lipinski definition) is 7. The molecule has 0 atom stereocenters. The van der Waals surface area contributed by atoms with E-state index in [9.17, 15) is 4.79 Å². The molecule has 0 aliphatic carbocycles. The highest BCUT2D eigenvalue weighted by molar-refractivity contribution is 5.95. The van der Waals surface area contributed by atoms with Gasteiger partial charge >= 0.3 is 0 Å². The molecule has 4 rings (SSSR count). The molecular weight excluding hydrogens is 342 g/mol. The summed E-state index contributed by atoms with van der Waals surface area (Å²) >= 11 is 0. The maximum absolute atomic E-state index is 12.9. The average Bonchev–Trinajstić information content (AvgIpc) is 2.75. The minimum Gasteiger partial charge on any atom is -0.352 e. The Labute approximate surface area is 156 Å². The lowest BCUT2D eigenvalue weighted by atomic mass is 10.1. The molecule has 0 spiro atoms. The van der Waals surface area contributed by atoms with E-state index in [4.69, 9.17) is 0 Å². The molecule has 0 saturated carbocycles. The third-order valence-electron chi connectivity index (χ3n) is 4.37. The van der Waals surface area contributed by atoms with Gasteiger partial charge in [0.25, 0.3) is 5.91 Å². The van der Waals surface area contributed by atoms with Gasteiger partial charge < -0.3 is 15.1 Å². The van der Waals surface area contributed by atoms with Crippen LogP contribution >= 0.6 is 0 Å². The summed E-state index contributed by atoms with van der Waals surface area (Å²) in [5, 5.41) is 3.11. The van der Waals surface area contributed by atoms with Gasteiger partial charge in [0.15, 0.2) is 0 Å². The maximum atomic E-state index is 12.9. The lowest BCUT2D eigenvalue weighted by Gasteiger charge is -2.35. The summed E-state index contributed by atoms with van der Waals surface area (Å²) < 4.78 is 0. The molecule has 27 heavy (non-hydrogen) atoms. The van der Waals surface area contributed by atoms with Crippen molar-refractivity contribution in [2.75, 3.05) is 36.4 Å². The molecular formula is C19H19N7O. The molecule has 136 valence electrons. The zero-order chi connectivity index (χ0) is 18.5. The van der Waals surface area contributed by atoms with E-state index in [2.05, 4.69) is 30.2 Å². The number of carbonyl (C=O) groups is 1. The molecule has 8 heteroatoms. The highest BCUT2D eigenvalue weighted by Crippen LogP contribution is 2.18. The van der Waals surface area contributed by atoms with Crippen LogP contribution in [0.25, 0.3) is 0 Å². The number of piperazine rings is 1. The fourth-order valence-electron chi connectivity index (χ4n) is 3.00. The van der Waals surface area contributed by atoms with Gasteiger partial charge in [-0.25, -0.2) is 15.0 Å². The summed E-state index contributed by atoms with van der Waals surface area (Å²) in [6.07, 6.45) is 8.42. The third kappa shape index (κ3) is 4.00. The molecule has 1 amide bonds. The van der Waals surface area contributed by atoms with Gasteiger partial charge in [-0.1, -0.05) is 6.07 Å². The predicted molar refractivity (Wildman–Crippen MR) is 102 cm³/mol. The third-order valence-corrected chi connectivity index (χ3v) is 4.37. The van der Waals surface area contributed by atoms with Crippen molar-refractivity contribution < 1.29 is 4.79 Å². The molecule has 0 radical (unpaired) electrons. The zero-order valence-corrected chi connectivity index (χ0v) is 14.7. The number of anilines is 3. The molecule has 0 unspecified atom stereocenters. The molecule has 8 nitrogen and oxygen atoms in total. The number of rotatable bonds is 4. The second kappa shape index (κ2) is 7.77. The molecule has 2 aromatic heterocycles. The van der Waals surface area contributed by atoms with E-state index in [1.54, 1.807) is 37.1 Å². The Balaban J connectivity index is 1.41. The Morgan fingerprint density at radius 1 is 0.926 bits per heavy atom. The van der Waals surface area contributed by atoms with Gasteiger partial charge in [-0.05, 0) is 24.3 Å². The molecule has 3 aromatic rings. The smallest absolute Gasteiger partial charge is 0.254 e. The van der Waals surface area contributed by atoms with Crippen molar-refractivity contribution in [1.29, 1.82) is 0 Å². The van der Waals surface area contributed by atoms with Gasteiger partial charge in [0.2, 0.25) is 5.95 Å². The first-order chi connectivity index (χ1) is 13.3. The molecule has 1 saturated heterocycles. The summed E-state index contributed by atoms with van der Waals surface area (Å²) in [4.78, 5) is 33.6. The lowest BCUT2D eigenvalue weighted by Crippen LogP contribution is -2.49. The molecule has 1 N–H and O–H groups in total. The molecule has 1 aliphatic rings. The zero-order valence-electron chi connectivity index (χ0n) is 14.7. The van der Waals surface area contributed by atoms with E-state index in [0.717, 1.165) is 24.6 Å². The number of hydrogen-bond donors (Lipinski definition) is 1. The van der Waals surface area contributed by atoms with E-state index >= 15 is 0 Å². The van der Waals surface area contributed by atoms with Crippen LogP contribution in [-0.4, -0.2) is 56.9 Å². The summed E-state index contributed by atoms with van der Waals surface area (Å²) in [6.45, 7) is 2.77. The average molecular weight is 361 g/mol. The van der Waals surface area contributed by atoms with Gasteiger partial charge in [-0.15, -0.1) is 0 Å². The first-order valence-corrected chi connectivity index (χ1v) is 8.74. The van der Waals surface area contributed by atoms with Crippen molar-refractivity contribution in [3.8, 4) is 0 Å². The van der Waals surface area contributed by atoms with Gasteiger partial charge in [-0.2, -0.15) is 0 Å². The van der Waals surface area contributed by atoms with E-state index in [-0.39, 0.29) is 5.91 Å². The Bertz CT molecular complexity index is 896. The first-order valence-electron chi connectivity index (χ1n) is 8.74. The van der Waals surface area contributed by atoms with E-state index in [0.29, 0.717) is 24.6 Å². The molecule has 3 heterocycles. The van der Waals surface area contributed by atoms with E-state index in [1.807, 2.05) is 29.2 Å². The number of aromatic nitrogens is 4. The van der Waals surface area contributed by atoms with Crippen LogP contribution in [-0.2, 0) is 0 Å². The van der Waals surface area contributed by atoms with E-state index in [1.165, 1.54) is 0 Å². The monoisotopic (exact) mass is 361 g/mol. The predicted octanol–water partition coefficient (Wildman–Crippen LogP) is 1.97. The van der Waals surface area contributed by atoms with Crippen LogP contribution < -0.4 is 10.2 Å². The summed E-state index contributed by atoms with van der Waals surface area (Å²) in [5.74, 6) is 1.37.